The van der Waals surface area contributed by atoms with E-state index in [4.69, 9.17) is 5.73 Å². The molecule has 2 aliphatic carbocycles. The fourth-order valence-electron chi connectivity index (χ4n) is 2.26. The van der Waals surface area contributed by atoms with Crippen LogP contribution in [0.1, 0.15) is 38.5 Å². The minimum atomic E-state index is 0.215. The maximum Gasteiger partial charge on any atom is 0.0290 e. The van der Waals surface area contributed by atoms with Crippen LogP contribution in [0, 0.1) is 5.21 Å². The Morgan fingerprint density at radius 1 is 1.36 bits per heavy atom. The second kappa shape index (κ2) is 4.05. The molecule has 0 amide bonds. The van der Waals surface area contributed by atoms with Crippen LogP contribution in [-0.4, -0.2) is 11.1 Å². The third-order valence-corrected chi connectivity index (χ3v) is 3.05. The molecule has 0 spiro atoms. The number of hydrogen-bond donors (Lipinski definition) is 1. The summed E-state index contributed by atoms with van der Waals surface area (Å²) < 4.78 is 0. The van der Waals surface area contributed by atoms with E-state index in [2.05, 4.69) is 0 Å². The molecule has 0 radical (unpaired) electrons. The molecule has 0 atom stereocenters. The fourth-order valence-corrected chi connectivity index (χ4v) is 2.26. The van der Waals surface area contributed by atoms with Gasteiger partial charge >= 0.3 is 0 Å². The number of nitrogens with zero attached hydrogens (tertiary/aromatic N) is 1. The quantitative estimate of drug-likeness (QED) is 0.684. The van der Waals surface area contributed by atoms with Gasteiger partial charge in [-0.15, -0.1) is 0 Å². The van der Waals surface area contributed by atoms with Crippen molar-refractivity contribution < 1.29 is 0 Å². The van der Waals surface area contributed by atoms with Gasteiger partial charge in [-0.05, 0) is 31.8 Å². The Morgan fingerprint density at radius 2 is 2.07 bits per heavy atom. The predicted octanol–water partition coefficient (Wildman–Crippen LogP) is 2.25. The number of allylic oxidation sites excluding steroid dienone is 3. The molecule has 0 unspecified atom stereocenters. The first kappa shape index (κ1) is 9.59. The Labute approximate surface area is 84.8 Å². The van der Waals surface area contributed by atoms with E-state index in [1.165, 1.54) is 17.9 Å². The van der Waals surface area contributed by atoms with E-state index >= 15 is 0 Å². The van der Waals surface area contributed by atoms with Gasteiger partial charge in [-0.25, -0.2) is 0 Å². The van der Waals surface area contributed by atoms with Crippen LogP contribution < -0.4 is 5.73 Å². The molecule has 1 fully saturated rings. The van der Waals surface area contributed by atoms with Crippen LogP contribution in [0.25, 0.3) is 0 Å². The lowest BCUT2D eigenvalue weighted by Gasteiger charge is -2.40. The van der Waals surface area contributed by atoms with Crippen LogP contribution in [0.4, 0.5) is 0 Å². The number of hydrogen-bond acceptors (Lipinski definition) is 3. The van der Waals surface area contributed by atoms with Crippen molar-refractivity contribution in [2.24, 2.45) is 5.73 Å². The predicted molar refractivity (Wildman–Crippen MR) is 57.0 cm³/mol. The van der Waals surface area contributed by atoms with Crippen LogP contribution >= 0.6 is 0 Å². The lowest BCUT2D eigenvalue weighted by atomic mass is 10.1. The highest BCUT2D eigenvalue weighted by Gasteiger charge is 2.18. The van der Waals surface area contributed by atoms with Gasteiger partial charge < -0.3 is 16.0 Å². The third-order valence-electron chi connectivity index (χ3n) is 3.05. The number of hydroxylamine groups is 2. The Morgan fingerprint density at radius 3 is 2.71 bits per heavy atom. The second-order valence-electron chi connectivity index (χ2n) is 4.14. The minimum Gasteiger partial charge on any atom is -0.758 e. The normalized spacial score (nSPS) is 23.2. The first-order valence-electron chi connectivity index (χ1n) is 5.40. The molecular weight excluding hydrogens is 176 g/mol. The van der Waals surface area contributed by atoms with Crippen LogP contribution in [-0.2, 0) is 0 Å². The van der Waals surface area contributed by atoms with Crippen LogP contribution in [0.2, 0.25) is 0 Å². The molecule has 3 heteroatoms. The van der Waals surface area contributed by atoms with Crippen molar-refractivity contribution >= 4 is 0 Å². The zero-order chi connectivity index (χ0) is 9.97. The molecule has 0 aromatic rings. The highest BCUT2D eigenvalue weighted by atomic mass is 16.5. The van der Waals surface area contributed by atoms with Crippen molar-refractivity contribution in [2.75, 3.05) is 0 Å². The molecule has 0 aliphatic heterocycles. The number of nitrogens with two attached hydrogens (primary N) is 1. The van der Waals surface area contributed by atoms with Gasteiger partial charge in [-0.1, -0.05) is 18.9 Å². The van der Waals surface area contributed by atoms with Crippen molar-refractivity contribution in [3.05, 3.63) is 28.8 Å². The van der Waals surface area contributed by atoms with E-state index in [-0.39, 0.29) is 6.04 Å². The van der Waals surface area contributed by atoms with Gasteiger partial charge in [0, 0.05) is 17.4 Å². The molecule has 0 aromatic heterocycles. The minimum absolute atomic E-state index is 0.215. The Bertz CT molecular complexity index is 264. The van der Waals surface area contributed by atoms with Gasteiger partial charge in [0.25, 0.3) is 0 Å². The molecule has 2 rings (SSSR count). The molecule has 0 bridgehead atoms. The molecule has 14 heavy (non-hydrogen) atoms. The lowest BCUT2D eigenvalue weighted by Crippen LogP contribution is -2.27. The van der Waals surface area contributed by atoms with E-state index in [0.29, 0.717) is 0 Å². The Balaban J connectivity index is 2.03. The summed E-state index contributed by atoms with van der Waals surface area (Å²) >= 11 is 0. The monoisotopic (exact) mass is 193 g/mol. The van der Waals surface area contributed by atoms with Gasteiger partial charge in [0.2, 0.25) is 0 Å². The topological polar surface area (TPSA) is 52.3 Å². The average molecular weight is 193 g/mol. The first-order chi connectivity index (χ1) is 6.77. The van der Waals surface area contributed by atoms with E-state index in [1.807, 2.05) is 12.2 Å². The highest BCUT2D eigenvalue weighted by Crippen LogP contribution is 2.28. The third kappa shape index (κ3) is 1.93. The fraction of sp³-hybridized carbons (Fsp3) is 0.636. The summed E-state index contributed by atoms with van der Waals surface area (Å²) in [6, 6.07) is 0.215. The highest BCUT2D eigenvalue weighted by molar-refractivity contribution is 5.25. The summed E-state index contributed by atoms with van der Waals surface area (Å²) in [5.74, 6) is 0. The molecule has 0 aromatic carbocycles. The van der Waals surface area contributed by atoms with Crippen LogP contribution in [0.5, 0.6) is 0 Å². The van der Waals surface area contributed by atoms with E-state index < -0.39 is 0 Å². The van der Waals surface area contributed by atoms with Gasteiger partial charge in [-0.2, -0.15) is 0 Å². The van der Waals surface area contributed by atoms with Gasteiger partial charge in [0.15, 0.2) is 0 Å². The smallest absolute Gasteiger partial charge is 0.0290 e. The van der Waals surface area contributed by atoms with Gasteiger partial charge in [0.1, 0.15) is 0 Å². The molecule has 78 valence electrons. The maximum atomic E-state index is 11.9. The summed E-state index contributed by atoms with van der Waals surface area (Å²) in [6.45, 7) is 0. The second-order valence-corrected chi connectivity index (χ2v) is 4.14. The maximum absolute atomic E-state index is 11.9. The van der Waals surface area contributed by atoms with E-state index in [1.54, 1.807) is 0 Å². The molecule has 0 saturated heterocycles. The molecule has 3 nitrogen and oxygen atoms in total. The van der Waals surface area contributed by atoms with Crippen molar-refractivity contribution in [1.29, 1.82) is 0 Å². The Hall–Kier alpha value is -0.960. The van der Waals surface area contributed by atoms with Crippen molar-refractivity contribution in [1.82, 2.24) is 5.06 Å². The van der Waals surface area contributed by atoms with Crippen molar-refractivity contribution in [3.63, 3.8) is 0 Å². The Kier molecular flexibility index (Phi) is 2.77. The zero-order valence-electron chi connectivity index (χ0n) is 8.41. The lowest BCUT2D eigenvalue weighted by molar-refractivity contribution is 0.333. The SMILES string of the molecule is NC1=CCCC(N([O-])C2CCCC2)=C1. The summed E-state index contributed by atoms with van der Waals surface area (Å²) in [5, 5.41) is 13.1. The molecular formula is C11H17N2O-. The molecule has 0 heterocycles. The molecule has 1 saturated carbocycles. The zero-order valence-corrected chi connectivity index (χ0v) is 8.41. The van der Waals surface area contributed by atoms with Crippen LogP contribution in [0.15, 0.2) is 23.5 Å². The standard InChI is InChI=1S/C11H17N2O/c12-9-4-3-7-11(8-9)13(14)10-5-1-2-6-10/h4,8,10H,1-3,5-7,12H2/q-1. The summed E-state index contributed by atoms with van der Waals surface area (Å²) in [6.07, 6.45) is 10.0. The van der Waals surface area contributed by atoms with Gasteiger partial charge in [0.05, 0.1) is 0 Å². The average Bonchev–Trinajstić information content (AvgIpc) is 2.69. The van der Waals surface area contributed by atoms with E-state index in [0.717, 1.165) is 37.1 Å². The number of rotatable bonds is 2. The van der Waals surface area contributed by atoms with Gasteiger partial charge in [-0.3, -0.25) is 0 Å². The summed E-state index contributed by atoms with van der Waals surface area (Å²) in [4.78, 5) is 0. The largest absolute Gasteiger partial charge is 0.758 e. The van der Waals surface area contributed by atoms with Crippen molar-refractivity contribution in [3.8, 4) is 0 Å². The summed E-state index contributed by atoms with van der Waals surface area (Å²) in [7, 11) is 0. The summed E-state index contributed by atoms with van der Waals surface area (Å²) in [5.41, 5.74) is 7.29. The first-order valence-corrected chi connectivity index (χ1v) is 5.40. The van der Waals surface area contributed by atoms with Crippen molar-refractivity contribution in [2.45, 2.75) is 44.6 Å². The van der Waals surface area contributed by atoms with E-state index in [9.17, 15) is 5.21 Å². The van der Waals surface area contributed by atoms with Crippen LogP contribution in [0.3, 0.4) is 0 Å². The molecule has 2 N–H and O–H groups in total. The molecule has 2 aliphatic rings.